The molecular formula is C23H27N3O3. The van der Waals surface area contributed by atoms with Crippen LogP contribution < -0.4 is 9.47 Å². The number of hydrogen-bond acceptors (Lipinski definition) is 6. The third kappa shape index (κ3) is 5.44. The maximum atomic E-state index is 10.1. The Morgan fingerprint density at radius 2 is 1.52 bits per heavy atom. The standard InChI is InChI=1S/C23H27N3O3/c1-3-5-13-28-17-11-12-19(21(15-17)29-14-6-4-2)23-25-16-24-22(26-23)18-9-7-8-10-20(18)27/h7-12,15-16,27H,3-6,13-14H2,1-2H3. The SMILES string of the molecule is CCCCOc1ccc(-c2ncnc(-c3ccccc3O)n2)c(OCCCC)c1. The van der Waals surface area contributed by atoms with Crippen molar-refractivity contribution in [2.75, 3.05) is 13.2 Å². The van der Waals surface area contributed by atoms with Crippen molar-refractivity contribution in [3.63, 3.8) is 0 Å². The van der Waals surface area contributed by atoms with Gasteiger partial charge in [0.05, 0.1) is 24.3 Å². The molecule has 0 amide bonds. The molecule has 6 heteroatoms. The lowest BCUT2D eigenvalue weighted by atomic mass is 10.1. The summed E-state index contributed by atoms with van der Waals surface area (Å²) >= 11 is 0. The van der Waals surface area contributed by atoms with Gasteiger partial charge in [0.25, 0.3) is 0 Å². The first kappa shape index (κ1) is 20.6. The van der Waals surface area contributed by atoms with Gasteiger partial charge in [0.2, 0.25) is 0 Å². The molecule has 29 heavy (non-hydrogen) atoms. The van der Waals surface area contributed by atoms with Crippen molar-refractivity contribution in [2.24, 2.45) is 0 Å². The number of phenolic OH excluding ortho intramolecular Hbond substituents is 1. The number of aromatic hydroxyl groups is 1. The maximum absolute atomic E-state index is 10.1. The smallest absolute Gasteiger partial charge is 0.167 e. The second-order valence-electron chi connectivity index (χ2n) is 6.71. The van der Waals surface area contributed by atoms with E-state index in [1.54, 1.807) is 18.2 Å². The first-order valence-electron chi connectivity index (χ1n) is 10.1. The topological polar surface area (TPSA) is 77.4 Å². The average Bonchev–Trinajstić information content (AvgIpc) is 2.75. The zero-order valence-electron chi connectivity index (χ0n) is 17.0. The van der Waals surface area contributed by atoms with E-state index >= 15 is 0 Å². The number of aromatic nitrogens is 3. The van der Waals surface area contributed by atoms with Crippen molar-refractivity contribution < 1.29 is 14.6 Å². The molecule has 0 saturated heterocycles. The molecule has 2 aromatic carbocycles. The normalized spacial score (nSPS) is 10.7. The lowest BCUT2D eigenvalue weighted by Gasteiger charge is -2.13. The van der Waals surface area contributed by atoms with Crippen LogP contribution in [-0.2, 0) is 0 Å². The Labute approximate surface area is 171 Å². The first-order valence-corrected chi connectivity index (χ1v) is 10.1. The summed E-state index contributed by atoms with van der Waals surface area (Å²) in [5.74, 6) is 2.48. The summed E-state index contributed by atoms with van der Waals surface area (Å²) in [6, 6.07) is 12.7. The van der Waals surface area contributed by atoms with Gasteiger partial charge in [0, 0.05) is 6.07 Å². The predicted octanol–water partition coefficient (Wildman–Crippen LogP) is 5.27. The molecule has 0 atom stereocenters. The molecule has 0 radical (unpaired) electrons. The van der Waals surface area contributed by atoms with Crippen LogP contribution in [0.5, 0.6) is 17.2 Å². The van der Waals surface area contributed by atoms with E-state index in [0.717, 1.165) is 37.0 Å². The molecule has 6 nitrogen and oxygen atoms in total. The number of phenols is 1. The number of rotatable bonds is 10. The molecule has 0 aliphatic rings. The van der Waals surface area contributed by atoms with E-state index in [1.807, 2.05) is 24.3 Å². The van der Waals surface area contributed by atoms with Gasteiger partial charge in [-0.1, -0.05) is 38.8 Å². The summed E-state index contributed by atoms with van der Waals surface area (Å²) < 4.78 is 11.8. The van der Waals surface area contributed by atoms with Crippen molar-refractivity contribution in [1.82, 2.24) is 15.0 Å². The molecule has 3 aromatic rings. The highest BCUT2D eigenvalue weighted by molar-refractivity contribution is 5.69. The predicted molar refractivity (Wildman–Crippen MR) is 113 cm³/mol. The molecule has 0 aliphatic heterocycles. The van der Waals surface area contributed by atoms with Gasteiger partial charge in [-0.05, 0) is 37.1 Å². The molecule has 0 saturated carbocycles. The summed E-state index contributed by atoms with van der Waals surface area (Å²) in [4.78, 5) is 13.1. The highest BCUT2D eigenvalue weighted by Gasteiger charge is 2.14. The van der Waals surface area contributed by atoms with Gasteiger partial charge in [-0.25, -0.2) is 15.0 Å². The van der Waals surface area contributed by atoms with E-state index in [2.05, 4.69) is 28.8 Å². The fourth-order valence-electron chi connectivity index (χ4n) is 2.78. The summed E-state index contributed by atoms with van der Waals surface area (Å²) in [5.41, 5.74) is 1.33. The van der Waals surface area contributed by atoms with Crippen molar-refractivity contribution >= 4 is 0 Å². The van der Waals surface area contributed by atoms with E-state index in [-0.39, 0.29) is 5.75 Å². The van der Waals surface area contributed by atoms with E-state index in [9.17, 15) is 5.11 Å². The minimum atomic E-state index is 0.128. The second-order valence-corrected chi connectivity index (χ2v) is 6.71. The molecule has 0 spiro atoms. The van der Waals surface area contributed by atoms with Crippen LogP contribution in [-0.4, -0.2) is 33.3 Å². The van der Waals surface area contributed by atoms with E-state index in [4.69, 9.17) is 9.47 Å². The van der Waals surface area contributed by atoms with Crippen LogP contribution in [0.4, 0.5) is 0 Å². The Hall–Kier alpha value is -3.15. The minimum absolute atomic E-state index is 0.128. The first-order chi connectivity index (χ1) is 14.2. The van der Waals surface area contributed by atoms with Crippen molar-refractivity contribution in [3.8, 4) is 40.0 Å². The Morgan fingerprint density at radius 1 is 0.828 bits per heavy atom. The quantitative estimate of drug-likeness (QED) is 0.473. The molecular weight excluding hydrogens is 366 g/mol. The second kappa shape index (κ2) is 10.4. The average molecular weight is 393 g/mol. The molecule has 1 aromatic heterocycles. The number of hydrogen-bond donors (Lipinski definition) is 1. The lowest BCUT2D eigenvalue weighted by Crippen LogP contribution is -2.02. The molecule has 3 rings (SSSR count). The van der Waals surface area contributed by atoms with E-state index in [1.165, 1.54) is 6.33 Å². The lowest BCUT2D eigenvalue weighted by molar-refractivity contribution is 0.295. The number of para-hydroxylation sites is 1. The Kier molecular flexibility index (Phi) is 7.39. The molecule has 0 aliphatic carbocycles. The number of nitrogens with zero attached hydrogens (tertiary/aromatic N) is 3. The summed E-state index contributed by atoms with van der Waals surface area (Å²) in [5, 5.41) is 10.1. The molecule has 1 N–H and O–H groups in total. The van der Waals surface area contributed by atoms with Crippen molar-refractivity contribution in [3.05, 3.63) is 48.8 Å². The van der Waals surface area contributed by atoms with Crippen LogP contribution in [0.1, 0.15) is 39.5 Å². The van der Waals surface area contributed by atoms with E-state index in [0.29, 0.717) is 36.2 Å². The molecule has 152 valence electrons. The van der Waals surface area contributed by atoms with Crippen molar-refractivity contribution in [1.29, 1.82) is 0 Å². The fraction of sp³-hybridized carbons (Fsp3) is 0.348. The molecule has 0 fully saturated rings. The summed E-state index contributed by atoms with van der Waals surface area (Å²) in [6.07, 6.45) is 5.54. The largest absolute Gasteiger partial charge is 0.507 e. The Bertz CT molecular complexity index is 931. The van der Waals surface area contributed by atoms with Gasteiger partial charge in [-0.3, -0.25) is 0 Å². The van der Waals surface area contributed by atoms with Gasteiger partial charge in [-0.2, -0.15) is 0 Å². The zero-order valence-corrected chi connectivity index (χ0v) is 17.0. The zero-order chi connectivity index (χ0) is 20.5. The van der Waals surface area contributed by atoms with Crippen LogP contribution in [0.2, 0.25) is 0 Å². The van der Waals surface area contributed by atoms with Gasteiger partial charge in [0.1, 0.15) is 23.6 Å². The third-order valence-corrected chi connectivity index (χ3v) is 4.43. The van der Waals surface area contributed by atoms with Crippen LogP contribution in [0.15, 0.2) is 48.8 Å². The minimum Gasteiger partial charge on any atom is -0.507 e. The van der Waals surface area contributed by atoms with Gasteiger partial charge < -0.3 is 14.6 Å². The van der Waals surface area contributed by atoms with Crippen LogP contribution in [0, 0.1) is 0 Å². The molecule has 0 bridgehead atoms. The van der Waals surface area contributed by atoms with Crippen LogP contribution >= 0.6 is 0 Å². The van der Waals surface area contributed by atoms with Crippen LogP contribution in [0.3, 0.4) is 0 Å². The Morgan fingerprint density at radius 3 is 2.24 bits per heavy atom. The van der Waals surface area contributed by atoms with Gasteiger partial charge in [0.15, 0.2) is 11.6 Å². The monoisotopic (exact) mass is 393 g/mol. The summed E-state index contributed by atoms with van der Waals surface area (Å²) in [6.45, 7) is 5.54. The third-order valence-electron chi connectivity index (χ3n) is 4.43. The number of ether oxygens (including phenoxy) is 2. The Balaban J connectivity index is 1.93. The van der Waals surface area contributed by atoms with Crippen LogP contribution in [0.25, 0.3) is 22.8 Å². The molecule has 0 unspecified atom stereocenters. The highest BCUT2D eigenvalue weighted by atomic mass is 16.5. The van der Waals surface area contributed by atoms with Gasteiger partial charge in [-0.15, -0.1) is 0 Å². The highest BCUT2D eigenvalue weighted by Crippen LogP contribution is 2.33. The van der Waals surface area contributed by atoms with E-state index < -0.39 is 0 Å². The maximum Gasteiger partial charge on any atom is 0.167 e. The van der Waals surface area contributed by atoms with Gasteiger partial charge >= 0.3 is 0 Å². The number of unbranched alkanes of at least 4 members (excludes halogenated alkanes) is 2. The van der Waals surface area contributed by atoms with Crippen molar-refractivity contribution in [2.45, 2.75) is 39.5 Å². The fourth-order valence-corrected chi connectivity index (χ4v) is 2.78. The number of benzene rings is 2. The summed E-state index contributed by atoms with van der Waals surface area (Å²) in [7, 11) is 0. The molecule has 1 heterocycles.